The highest BCUT2D eigenvalue weighted by atomic mass is 32.2. The molecule has 1 aromatic rings. The maximum Gasteiger partial charge on any atom is 0.185 e. The smallest absolute Gasteiger partial charge is 0.185 e. The quantitative estimate of drug-likeness (QED) is 0.829. The Morgan fingerprint density at radius 3 is 2.18 bits per heavy atom. The molecule has 1 N–H and O–H groups in total. The van der Waals surface area contributed by atoms with Gasteiger partial charge in [0.25, 0.3) is 0 Å². The minimum Gasteiger partial charge on any atom is -0.256 e. The molecular formula is C13H18NO2S. The second kappa shape index (κ2) is 4.78. The molecule has 17 heavy (non-hydrogen) atoms. The zero-order chi connectivity index (χ0) is 12.4. The van der Waals surface area contributed by atoms with E-state index in [1.54, 1.807) is 24.3 Å². The van der Waals surface area contributed by atoms with Gasteiger partial charge in [-0.05, 0) is 25.0 Å². The third-order valence-electron chi connectivity index (χ3n) is 3.71. The molecule has 0 spiro atoms. The molecule has 93 valence electrons. The van der Waals surface area contributed by atoms with Crippen LogP contribution in [0.25, 0.3) is 0 Å². The highest BCUT2D eigenvalue weighted by molar-refractivity contribution is 7.92. The van der Waals surface area contributed by atoms with E-state index in [1.165, 1.54) is 0 Å². The highest BCUT2D eigenvalue weighted by Gasteiger charge is 2.44. The Labute approximate surface area is 103 Å². The van der Waals surface area contributed by atoms with Crippen LogP contribution in [0.5, 0.6) is 0 Å². The van der Waals surface area contributed by atoms with Gasteiger partial charge in [0.05, 0.1) is 9.64 Å². The van der Waals surface area contributed by atoms with Crippen LogP contribution in [-0.4, -0.2) is 19.7 Å². The van der Waals surface area contributed by atoms with Crippen molar-refractivity contribution in [2.75, 3.05) is 6.54 Å². The molecule has 0 bridgehead atoms. The van der Waals surface area contributed by atoms with E-state index in [0.29, 0.717) is 17.7 Å². The fourth-order valence-electron chi connectivity index (χ4n) is 2.59. The van der Waals surface area contributed by atoms with Crippen LogP contribution in [0.3, 0.4) is 0 Å². The van der Waals surface area contributed by atoms with Gasteiger partial charge < -0.3 is 0 Å². The first-order valence-corrected chi connectivity index (χ1v) is 7.55. The third-order valence-corrected chi connectivity index (χ3v) is 6.30. The van der Waals surface area contributed by atoms with Crippen molar-refractivity contribution >= 4 is 9.84 Å². The monoisotopic (exact) mass is 252 g/mol. The van der Waals surface area contributed by atoms with Gasteiger partial charge in [0.15, 0.2) is 9.84 Å². The summed E-state index contributed by atoms with van der Waals surface area (Å²) in [7, 11) is -3.36. The zero-order valence-corrected chi connectivity index (χ0v) is 10.7. The Kier molecular flexibility index (Phi) is 3.54. The molecule has 0 atom stereocenters. The summed E-state index contributed by atoms with van der Waals surface area (Å²) in [6, 6.07) is 8.58. The van der Waals surface area contributed by atoms with Crippen molar-refractivity contribution in [3.8, 4) is 0 Å². The molecule has 4 heteroatoms. The second-order valence-electron chi connectivity index (χ2n) is 4.74. The lowest BCUT2D eigenvalue weighted by Gasteiger charge is -2.35. The van der Waals surface area contributed by atoms with Crippen LogP contribution in [0.2, 0.25) is 0 Å². The minimum absolute atomic E-state index is 0.0236. The average molecular weight is 252 g/mol. The molecule has 1 fully saturated rings. The number of hydrogen-bond donors (Lipinski definition) is 0. The summed E-state index contributed by atoms with van der Waals surface area (Å²) in [5.74, 6) is 0. The van der Waals surface area contributed by atoms with Gasteiger partial charge in [-0.25, -0.2) is 8.42 Å². The van der Waals surface area contributed by atoms with Gasteiger partial charge in [-0.15, -0.1) is 0 Å². The summed E-state index contributed by atoms with van der Waals surface area (Å²) in [6.45, 7) is -0.0236. The van der Waals surface area contributed by atoms with Crippen molar-refractivity contribution in [3.63, 3.8) is 0 Å². The van der Waals surface area contributed by atoms with Crippen molar-refractivity contribution in [3.05, 3.63) is 30.3 Å². The molecule has 1 radical (unpaired) electrons. The van der Waals surface area contributed by atoms with Crippen molar-refractivity contribution in [1.29, 1.82) is 0 Å². The van der Waals surface area contributed by atoms with Gasteiger partial charge in [-0.1, -0.05) is 37.5 Å². The number of sulfone groups is 1. The predicted molar refractivity (Wildman–Crippen MR) is 67.4 cm³/mol. The Morgan fingerprint density at radius 1 is 1.06 bits per heavy atom. The number of hydrogen-bond acceptors (Lipinski definition) is 2. The summed E-state index contributed by atoms with van der Waals surface area (Å²) < 4.78 is 24.4. The normalized spacial score (nSPS) is 20.1. The topological polar surface area (TPSA) is 57.9 Å². The first kappa shape index (κ1) is 12.6. The van der Waals surface area contributed by atoms with E-state index in [-0.39, 0.29) is 6.54 Å². The Hall–Kier alpha value is -0.870. The Balaban J connectivity index is 2.43. The molecule has 1 aliphatic carbocycles. The molecule has 0 unspecified atom stereocenters. The molecule has 0 aromatic heterocycles. The first-order valence-electron chi connectivity index (χ1n) is 6.07. The van der Waals surface area contributed by atoms with Gasteiger partial charge in [-0.3, -0.25) is 5.73 Å². The molecule has 3 nitrogen and oxygen atoms in total. The third kappa shape index (κ3) is 2.11. The van der Waals surface area contributed by atoms with Crippen LogP contribution in [0.4, 0.5) is 0 Å². The lowest BCUT2D eigenvalue weighted by atomic mass is 9.88. The highest BCUT2D eigenvalue weighted by Crippen LogP contribution is 2.38. The summed E-state index contributed by atoms with van der Waals surface area (Å²) >= 11 is 0. The summed E-state index contributed by atoms with van der Waals surface area (Å²) in [6.07, 6.45) is 4.20. The van der Waals surface area contributed by atoms with Gasteiger partial charge >= 0.3 is 0 Å². The van der Waals surface area contributed by atoms with Crippen LogP contribution >= 0.6 is 0 Å². The molecule has 1 aliphatic rings. The van der Waals surface area contributed by atoms with Crippen LogP contribution in [0, 0.1) is 0 Å². The van der Waals surface area contributed by atoms with Gasteiger partial charge in [0, 0.05) is 6.54 Å². The molecule has 2 rings (SSSR count). The lowest BCUT2D eigenvalue weighted by Crippen LogP contribution is -2.44. The van der Waals surface area contributed by atoms with E-state index in [1.807, 2.05) is 6.07 Å². The number of rotatable bonds is 3. The van der Waals surface area contributed by atoms with Crippen LogP contribution in [-0.2, 0) is 9.84 Å². The van der Waals surface area contributed by atoms with Crippen LogP contribution < -0.4 is 5.73 Å². The lowest BCUT2D eigenvalue weighted by molar-refractivity contribution is 0.375. The molecule has 0 saturated heterocycles. The van der Waals surface area contributed by atoms with Crippen molar-refractivity contribution in [2.45, 2.75) is 41.7 Å². The van der Waals surface area contributed by atoms with E-state index < -0.39 is 14.6 Å². The zero-order valence-electron chi connectivity index (χ0n) is 9.85. The second-order valence-corrected chi connectivity index (χ2v) is 7.08. The van der Waals surface area contributed by atoms with Crippen molar-refractivity contribution in [2.24, 2.45) is 0 Å². The fourth-order valence-corrected chi connectivity index (χ4v) is 4.62. The van der Waals surface area contributed by atoms with Crippen LogP contribution in [0.1, 0.15) is 32.1 Å². The minimum atomic E-state index is -3.36. The SMILES string of the molecule is [NH]CC1(S(=O)(=O)c2ccccc2)CCCCC1. The maximum absolute atomic E-state index is 12.6. The van der Waals surface area contributed by atoms with E-state index in [0.717, 1.165) is 19.3 Å². The van der Waals surface area contributed by atoms with E-state index in [2.05, 4.69) is 0 Å². The predicted octanol–water partition coefficient (Wildman–Crippen LogP) is 2.45. The largest absolute Gasteiger partial charge is 0.256 e. The van der Waals surface area contributed by atoms with Crippen molar-refractivity contribution < 1.29 is 8.42 Å². The number of benzene rings is 1. The molecule has 1 aromatic carbocycles. The maximum atomic E-state index is 12.6. The van der Waals surface area contributed by atoms with Gasteiger partial charge in [-0.2, -0.15) is 0 Å². The van der Waals surface area contributed by atoms with E-state index >= 15 is 0 Å². The standard InChI is InChI=1S/C13H18NO2S/c14-11-13(9-5-2-6-10-13)17(15,16)12-7-3-1-4-8-12/h1,3-4,7-8,14H,2,5-6,9-11H2. The average Bonchev–Trinajstić information content (AvgIpc) is 2.40. The number of nitrogens with one attached hydrogen (secondary N) is 1. The van der Waals surface area contributed by atoms with Crippen molar-refractivity contribution in [1.82, 2.24) is 5.73 Å². The van der Waals surface area contributed by atoms with E-state index in [4.69, 9.17) is 5.73 Å². The van der Waals surface area contributed by atoms with E-state index in [9.17, 15) is 8.42 Å². The fraction of sp³-hybridized carbons (Fsp3) is 0.538. The molecule has 0 amide bonds. The summed E-state index contributed by atoms with van der Waals surface area (Å²) in [4.78, 5) is 0.370. The Morgan fingerprint density at radius 2 is 1.65 bits per heavy atom. The molecule has 1 saturated carbocycles. The summed E-state index contributed by atoms with van der Waals surface area (Å²) in [5, 5.41) is 0. The van der Waals surface area contributed by atoms with Gasteiger partial charge in [0.1, 0.15) is 0 Å². The molecular weight excluding hydrogens is 234 g/mol. The summed E-state index contributed by atoms with van der Waals surface area (Å²) in [5.41, 5.74) is 7.67. The first-order chi connectivity index (χ1) is 8.12. The molecule has 0 heterocycles. The molecule has 0 aliphatic heterocycles. The van der Waals surface area contributed by atoms with Gasteiger partial charge in [0.2, 0.25) is 0 Å². The Bertz CT molecular complexity index is 461. The van der Waals surface area contributed by atoms with Crippen LogP contribution in [0.15, 0.2) is 35.2 Å².